The standard InChI is InChI=1S/C7H14O4/c1-5(4-8)7(2,11)3-6(9)10/h5,8,11H,3-4H2,1-2H3,(H,9,10). The molecule has 0 aliphatic carbocycles. The molecule has 0 radical (unpaired) electrons. The molecule has 0 saturated heterocycles. The minimum atomic E-state index is -1.32. The molecule has 4 nitrogen and oxygen atoms in total. The van der Waals surface area contributed by atoms with E-state index in [2.05, 4.69) is 0 Å². The van der Waals surface area contributed by atoms with Gasteiger partial charge >= 0.3 is 5.97 Å². The molecule has 3 N–H and O–H groups in total. The monoisotopic (exact) mass is 162 g/mol. The Kier molecular flexibility index (Phi) is 3.48. The fraction of sp³-hybridized carbons (Fsp3) is 0.857. The molecule has 2 unspecified atom stereocenters. The van der Waals surface area contributed by atoms with Crippen molar-refractivity contribution in [3.8, 4) is 0 Å². The fourth-order valence-electron chi connectivity index (χ4n) is 0.677. The van der Waals surface area contributed by atoms with Crippen molar-refractivity contribution in [1.29, 1.82) is 0 Å². The van der Waals surface area contributed by atoms with Crippen LogP contribution in [0.3, 0.4) is 0 Å². The minimum absolute atomic E-state index is 0.208. The van der Waals surface area contributed by atoms with Crippen molar-refractivity contribution in [3.05, 3.63) is 0 Å². The molecule has 0 aromatic carbocycles. The SMILES string of the molecule is CC(CO)C(C)(O)CC(=O)O. The van der Waals surface area contributed by atoms with Crippen LogP contribution in [0, 0.1) is 5.92 Å². The second-order valence-corrected chi connectivity index (χ2v) is 3.01. The molecular weight excluding hydrogens is 148 g/mol. The maximum absolute atomic E-state index is 10.2. The molecule has 0 aliphatic rings. The molecule has 0 spiro atoms. The lowest BCUT2D eigenvalue weighted by Crippen LogP contribution is -2.37. The molecule has 0 amide bonds. The highest BCUT2D eigenvalue weighted by atomic mass is 16.4. The number of aliphatic hydroxyl groups is 2. The first-order chi connectivity index (χ1) is 4.90. The Balaban J connectivity index is 4.08. The van der Waals surface area contributed by atoms with E-state index in [1.165, 1.54) is 6.92 Å². The van der Waals surface area contributed by atoms with E-state index in [9.17, 15) is 9.90 Å². The first-order valence-electron chi connectivity index (χ1n) is 3.45. The molecule has 0 saturated carbocycles. The molecule has 66 valence electrons. The first kappa shape index (κ1) is 10.4. The van der Waals surface area contributed by atoms with Crippen LogP contribution in [-0.2, 0) is 4.79 Å². The van der Waals surface area contributed by atoms with Crippen molar-refractivity contribution >= 4 is 5.97 Å². The molecular formula is C7H14O4. The third kappa shape index (κ3) is 3.34. The van der Waals surface area contributed by atoms with Gasteiger partial charge in [0.05, 0.1) is 12.0 Å². The van der Waals surface area contributed by atoms with E-state index >= 15 is 0 Å². The predicted octanol–water partition coefficient (Wildman–Crippen LogP) is -0.160. The average molecular weight is 162 g/mol. The molecule has 0 fully saturated rings. The maximum Gasteiger partial charge on any atom is 0.306 e. The number of hydrogen-bond acceptors (Lipinski definition) is 3. The first-order valence-corrected chi connectivity index (χ1v) is 3.45. The van der Waals surface area contributed by atoms with Crippen molar-refractivity contribution in [2.45, 2.75) is 25.9 Å². The largest absolute Gasteiger partial charge is 0.481 e. The van der Waals surface area contributed by atoms with E-state index in [1.807, 2.05) is 0 Å². The molecule has 0 aromatic rings. The van der Waals surface area contributed by atoms with Gasteiger partial charge in [0.15, 0.2) is 0 Å². The van der Waals surface area contributed by atoms with Gasteiger partial charge in [0, 0.05) is 12.5 Å². The Labute approximate surface area is 65.5 Å². The minimum Gasteiger partial charge on any atom is -0.481 e. The van der Waals surface area contributed by atoms with Crippen LogP contribution in [-0.4, -0.2) is 33.5 Å². The summed E-state index contributed by atoms with van der Waals surface area (Å²) >= 11 is 0. The topological polar surface area (TPSA) is 77.8 Å². The van der Waals surface area contributed by atoms with Crippen LogP contribution in [0.4, 0.5) is 0 Å². The summed E-state index contributed by atoms with van der Waals surface area (Å²) in [6.45, 7) is 2.80. The van der Waals surface area contributed by atoms with Gasteiger partial charge in [0.25, 0.3) is 0 Å². The van der Waals surface area contributed by atoms with Gasteiger partial charge in [-0.25, -0.2) is 0 Å². The summed E-state index contributed by atoms with van der Waals surface area (Å²) in [6, 6.07) is 0. The molecule has 2 atom stereocenters. The van der Waals surface area contributed by atoms with Crippen LogP contribution in [0.2, 0.25) is 0 Å². The summed E-state index contributed by atoms with van der Waals surface area (Å²) in [4.78, 5) is 10.2. The predicted molar refractivity (Wildman–Crippen MR) is 39.1 cm³/mol. The van der Waals surface area contributed by atoms with Crippen LogP contribution in [0.5, 0.6) is 0 Å². The van der Waals surface area contributed by atoms with E-state index in [1.54, 1.807) is 6.92 Å². The summed E-state index contributed by atoms with van der Waals surface area (Å²) in [5.41, 5.74) is -1.32. The number of hydrogen-bond donors (Lipinski definition) is 3. The lowest BCUT2D eigenvalue weighted by atomic mass is 9.88. The van der Waals surface area contributed by atoms with Gasteiger partial charge in [0.2, 0.25) is 0 Å². The van der Waals surface area contributed by atoms with Gasteiger partial charge < -0.3 is 15.3 Å². The number of rotatable bonds is 4. The Morgan fingerprint density at radius 1 is 1.64 bits per heavy atom. The van der Waals surface area contributed by atoms with E-state index in [-0.39, 0.29) is 13.0 Å². The van der Waals surface area contributed by atoms with Gasteiger partial charge in [-0.2, -0.15) is 0 Å². The third-order valence-electron chi connectivity index (χ3n) is 1.84. The molecule has 4 heteroatoms. The van der Waals surface area contributed by atoms with Crippen LogP contribution in [0.15, 0.2) is 0 Å². The van der Waals surface area contributed by atoms with Crippen molar-refractivity contribution in [2.75, 3.05) is 6.61 Å². The quantitative estimate of drug-likeness (QED) is 0.536. The van der Waals surface area contributed by atoms with Crippen LogP contribution in [0.1, 0.15) is 20.3 Å². The van der Waals surface area contributed by atoms with Crippen molar-refractivity contribution < 1.29 is 20.1 Å². The highest BCUT2D eigenvalue weighted by molar-refractivity contribution is 5.68. The second kappa shape index (κ2) is 3.69. The summed E-state index contributed by atoms with van der Waals surface area (Å²) in [7, 11) is 0. The number of carboxylic acids is 1. The number of aliphatic hydroxyl groups excluding tert-OH is 1. The highest BCUT2D eigenvalue weighted by Gasteiger charge is 2.30. The molecule has 0 aliphatic heterocycles. The van der Waals surface area contributed by atoms with Gasteiger partial charge in [-0.15, -0.1) is 0 Å². The zero-order chi connectivity index (χ0) is 9.07. The molecule has 0 heterocycles. The van der Waals surface area contributed by atoms with Crippen LogP contribution in [0.25, 0.3) is 0 Å². The van der Waals surface area contributed by atoms with Crippen molar-refractivity contribution in [3.63, 3.8) is 0 Å². The van der Waals surface area contributed by atoms with Gasteiger partial charge in [0.1, 0.15) is 0 Å². The molecule has 0 aromatic heterocycles. The summed E-state index contributed by atoms with van der Waals surface area (Å²) in [5, 5.41) is 26.4. The van der Waals surface area contributed by atoms with Crippen LogP contribution >= 0.6 is 0 Å². The summed E-state index contributed by atoms with van der Waals surface area (Å²) in [5.74, 6) is -1.48. The third-order valence-corrected chi connectivity index (χ3v) is 1.84. The Morgan fingerprint density at radius 3 is 2.36 bits per heavy atom. The summed E-state index contributed by atoms with van der Waals surface area (Å²) < 4.78 is 0. The second-order valence-electron chi connectivity index (χ2n) is 3.01. The van der Waals surface area contributed by atoms with E-state index in [0.29, 0.717) is 0 Å². The van der Waals surface area contributed by atoms with E-state index in [0.717, 1.165) is 0 Å². The van der Waals surface area contributed by atoms with Crippen LogP contribution < -0.4 is 0 Å². The smallest absolute Gasteiger partial charge is 0.306 e. The Bertz CT molecular complexity index is 141. The Hall–Kier alpha value is -0.610. The normalized spacial score (nSPS) is 18.9. The average Bonchev–Trinajstić information content (AvgIpc) is 1.83. The Morgan fingerprint density at radius 2 is 2.09 bits per heavy atom. The molecule has 0 bridgehead atoms. The van der Waals surface area contributed by atoms with Gasteiger partial charge in [-0.1, -0.05) is 6.92 Å². The molecule has 0 rings (SSSR count). The maximum atomic E-state index is 10.2. The van der Waals surface area contributed by atoms with E-state index in [4.69, 9.17) is 10.2 Å². The molecule has 11 heavy (non-hydrogen) atoms. The van der Waals surface area contributed by atoms with Gasteiger partial charge in [-0.3, -0.25) is 4.79 Å². The van der Waals surface area contributed by atoms with Gasteiger partial charge in [-0.05, 0) is 6.92 Å². The zero-order valence-electron chi connectivity index (χ0n) is 6.74. The number of carbonyl (C=O) groups is 1. The zero-order valence-corrected chi connectivity index (χ0v) is 6.74. The lowest BCUT2D eigenvalue weighted by molar-refractivity contribution is -0.144. The number of aliphatic carboxylic acids is 1. The van der Waals surface area contributed by atoms with E-state index < -0.39 is 17.5 Å². The van der Waals surface area contributed by atoms with Crippen molar-refractivity contribution in [1.82, 2.24) is 0 Å². The lowest BCUT2D eigenvalue weighted by Gasteiger charge is -2.26. The highest BCUT2D eigenvalue weighted by Crippen LogP contribution is 2.19. The fourth-order valence-corrected chi connectivity index (χ4v) is 0.677. The van der Waals surface area contributed by atoms with Crippen molar-refractivity contribution in [2.24, 2.45) is 5.92 Å². The summed E-state index contributed by atoms with van der Waals surface area (Å²) in [6.07, 6.45) is -0.339. The number of carboxylic acid groups (broad SMARTS) is 1.